The lowest BCUT2D eigenvalue weighted by Gasteiger charge is -2.17. The Bertz CT molecular complexity index is 239. The lowest BCUT2D eigenvalue weighted by atomic mass is 10.7. The third-order valence-corrected chi connectivity index (χ3v) is 1.28. The van der Waals surface area contributed by atoms with Crippen molar-refractivity contribution in [2.75, 3.05) is 13.7 Å². The topological polar surface area (TPSA) is 32.8 Å². The van der Waals surface area contributed by atoms with Crippen LogP contribution in [0.1, 0.15) is 0 Å². The highest BCUT2D eigenvalue weighted by Gasteiger charge is 2.42. The van der Waals surface area contributed by atoms with Gasteiger partial charge in [0, 0.05) is 13.2 Å². The smallest absolute Gasteiger partial charge is 0.359 e. The molecule has 0 bridgehead atoms. The largest absolute Gasteiger partial charge is 0.493 e. The van der Waals surface area contributed by atoms with Gasteiger partial charge in [-0.05, 0) is 0 Å². The molecule has 0 aliphatic carbocycles. The molecule has 1 heterocycles. The summed E-state index contributed by atoms with van der Waals surface area (Å²) in [5.74, 6) is -2.22. The lowest BCUT2D eigenvalue weighted by Crippen LogP contribution is -2.33. The second kappa shape index (κ2) is 3.15. The highest BCUT2D eigenvalue weighted by Crippen LogP contribution is 2.18. The Morgan fingerprint density at radius 3 is 2.46 bits per heavy atom. The normalized spacial score (nSPS) is 16.6. The van der Waals surface area contributed by atoms with Crippen LogP contribution in [-0.2, 0) is 9.63 Å². The first-order valence-electron chi connectivity index (χ1n) is 3.34. The molecule has 74 valence electrons. The molecule has 0 saturated carbocycles. The summed E-state index contributed by atoms with van der Waals surface area (Å²) in [5.41, 5.74) is 0. The molecule has 0 N–H and O–H groups in total. The predicted molar refractivity (Wildman–Crippen MR) is 35.8 cm³/mol. The van der Waals surface area contributed by atoms with Crippen molar-refractivity contribution < 1.29 is 22.8 Å². The summed E-state index contributed by atoms with van der Waals surface area (Å²) in [6.45, 7) is 0.0990. The van der Waals surface area contributed by atoms with Crippen LogP contribution in [0.15, 0.2) is 12.4 Å². The number of hydrogen-bond donors (Lipinski definition) is 0. The summed E-state index contributed by atoms with van der Waals surface area (Å²) in [7, 11) is 1.64. The molecule has 0 fully saturated rings. The molecule has 7 heteroatoms. The maximum atomic E-state index is 11.7. The Hall–Kier alpha value is -1.40. The first-order valence-corrected chi connectivity index (χ1v) is 3.34. The van der Waals surface area contributed by atoms with Crippen molar-refractivity contribution in [1.29, 1.82) is 0 Å². The zero-order valence-corrected chi connectivity index (χ0v) is 6.71. The zero-order valence-electron chi connectivity index (χ0n) is 6.71. The van der Waals surface area contributed by atoms with Gasteiger partial charge in [-0.15, -0.1) is 0 Å². The van der Waals surface area contributed by atoms with Crippen LogP contribution in [0.4, 0.5) is 13.2 Å². The van der Waals surface area contributed by atoms with E-state index in [0.29, 0.717) is 0 Å². The van der Waals surface area contributed by atoms with Gasteiger partial charge in [-0.1, -0.05) is 0 Å². The standard InChI is InChI=1S/C6H7F3N2O2/c1-10-2-3-11(4-10)13-5(12)6(7,8)9/h2-3H,4H2,1H3. The Labute approximate surface area is 72.1 Å². The molecule has 0 unspecified atom stereocenters. The van der Waals surface area contributed by atoms with E-state index in [2.05, 4.69) is 4.84 Å². The maximum Gasteiger partial charge on any atom is 0.493 e. The van der Waals surface area contributed by atoms with Crippen LogP contribution < -0.4 is 0 Å². The van der Waals surface area contributed by atoms with Crippen LogP contribution in [0.3, 0.4) is 0 Å². The number of hydroxylamine groups is 2. The SMILES string of the molecule is CN1C=CN(OC(=O)C(F)(F)F)C1. The van der Waals surface area contributed by atoms with Crippen molar-refractivity contribution in [3.63, 3.8) is 0 Å². The Morgan fingerprint density at radius 1 is 1.46 bits per heavy atom. The van der Waals surface area contributed by atoms with Gasteiger partial charge in [0.15, 0.2) is 0 Å². The van der Waals surface area contributed by atoms with Crippen molar-refractivity contribution in [3.05, 3.63) is 12.4 Å². The molecule has 0 saturated heterocycles. The van der Waals surface area contributed by atoms with Crippen molar-refractivity contribution >= 4 is 5.97 Å². The molecular weight excluding hydrogens is 189 g/mol. The molecule has 0 amide bonds. The minimum atomic E-state index is -4.95. The average Bonchev–Trinajstić information content (AvgIpc) is 2.33. The summed E-state index contributed by atoms with van der Waals surface area (Å²) in [6.07, 6.45) is -2.22. The quantitative estimate of drug-likeness (QED) is 0.617. The summed E-state index contributed by atoms with van der Waals surface area (Å²) >= 11 is 0. The van der Waals surface area contributed by atoms with E-state index in [1.54, 1.807) is 11.9 Å². The van der Waals surface area contributed by atoms with Gasteiger partial charge in [0.05, 0.1) is 6.20 Å². The third-order valence-electron chi connectivity index (χ3n) is 1.28. The monoisotopic (exact) mass is 196 g/mol. The lowest BCUT2D eigenvalue weighted by molar-refractivity contribution is -0.230. The fourth-order valence-electron chi connectivity index (χ4n) is 0.720. The van der Waals surface area contributed by atoms with Crippen molar-refractivity contribution in [2.45, 2.75) is 6.18 Å². The van der Waals surface area contributed by atoms with Gasteiger partial charge < -0.3 is 9.74 Å². The third kappa shape index (κ3) is 2.53. The van der Waals surface area contributed by atoms with Crippen molar-refractivity contribution in [2.24, 2.45) is 0 Å². The summed E-state index contributed by atoms with van der Waals surface area (Å²) in [4.78, 5) is 15.8. The molecule has 0 atom stereocenters. The summed E-state index contributed by atoms with van der Waals surface area (Å²) < 4.78 is 35.0. The number of alkyl halides is 3. The van der Waals surface area contributed by atoms with E-state index in [-0.39, 0.29) is 6.67 Å². The van der Waals surface area contributed by atoms with E-state index >= 15 is 0 Å². The van der Waals surface area contributed by atoms with E-state index in [0.717, 1.165) is 5.06 Å². The van der Waals surface area contributed by atoms with Crippen LogP contribution in [0.2, 0.25) is 0 Å². The molecular formula is C6H7F3N2O2. The zero-order chi connectivity index (χ0) is 10.1. The van der Waals surface area contributed by atoms with E-state index in [1.807, 2.05) is 0 Å². The fraction of sp³-hybridized carbons (Fsp3) is 0.500. The van der Waals surface area contributed by atoms with Gasteiger partial charge in [-0.2, -0.15) is 18.2 Å². The first-order chi connectivity index (χ1) is 5.89. The number of halogens is 3. The Kier molecular flexibility index (Phi) is 2.35. The van der Waals surface area contributed by atoms with Gasteiger partial charge in [0.1, 0.15) is 6.67 Å². The number of carbonyl (C=O) groups excluding carboxylic acids is 1. The maximum absolute atomic E-state index is 11.7. The molecule has 0 aromatic carbocycles. The molecule has 1 aliphatic heterocycles. The second-order valence-electron chi connectivity index (χ2n) is 2.49. The minimum absolute atomic E-state index is 0.0990. The summed E-state index contributed by atoms with van der Waals surface area (Å²) in [5, 5.41) is 0.801. The molecule has 13 heavy (non-hydrogen) atoms. The van der Waals surface area contributed by atoms with E-state index in [1.165, 1.54) is 12.4 Å². The molecule has 0 aromatic rings. The second-order valence-corrected chi connectivity index (χ2v) is 2.49. The Morgan fingerprint density at radius 2 is 2.08 bits per heavy atom. The number of rotatable bonds is 1. The van der Waals surface area contributed by atoms with Crippen LogP contribution >= 0.6 is 0 Å². The van der Waals surface area contributed by atoms with Gasteiger partial charge in [0.2, 0.25) is 0 Å². The van der Waals surface area contributed by atoms with E-state index in [9.17, 15) is 18.0 Å². The van der Waals surface area contributed by atoms with Crippen LogP contribution in [0.25, 0.3) is 0 Å². The van der Waals surface area contributed by atoms with Gasteiger partial charge in [-0.25, -0.2) is 4.79 Å². The fourth-order valence-corrected chi connectivity index (χ4v) is 0.720. The molecule has 4 nitrogen and oxygen atoms in total. The van der Waals surface area contributed by atoms with Gasteiger partial charge in [-0.3, -0.25) is 0 Å². The number of nitrogens with zero attached hydrogens (tertiary/aromatic N) is 2. The molecule has 1 aliphatic rings. The van der Waals surface area contributed by atoms with Crippen LogP contribution in [-0.4, -0.2) is 35.8 Å². The van der Waals surface area contributed by atoms with Gasteiger partial charge >= 0.3 is 12.1 Å². The number of hydrogen-bond acceptors (Lipinski definition) is 4. The number of carbonyl (C=O) groups is 1. The first kappa shape index (κ1) is 9.69. The highest BCUT2D eigenvalue weighted by molar-refractivity contribution is 5.75. The van der Waals surface area contributed by atoms with Crippen LogP contribution in [0.5, 0.6) is 0 Å². The molecule has 1 rings (SSSR count). The van der Waals surface area contributed by atoms with Crippen molar-refractivity contribution in [3.8, 4) is 0 Å². The predicted octanol–water partition coefficient (Wildman–Crippen LogP) is 0.683. The van der Waals surface area contributed by atoms with Crippen LogP contribution in [0, 0.1) is 0 Å². The van der Waals surface area contributed by atoms with Crippen molar-refractivity contribution in [1.82, 2.24) is 9.96 Å². The average molecular weight is 196 g/mol. The Balaban J connectivity index is 2.43. The van der Waals surface area contributed by atoms with E-state index < -0.39 is 12.1 Å². The molecule has 0 aromatic heterocycles. The highest BCUT2D eigenvalue weighted by atomic mass is 19.4. The summed E-state index contributed by atoms with van der Waals surface area (Å²) in [6, 6.07) is 0. The molecule has 0 radical (unpaired) electrons. The van der Waals surface area contributed by atoms with Gasteiger partial charge in [0.25, 0.3) is 0 Å². The van der Waals surface area contributed by atoms with E-state index in [4.69, 9.17) is 0 Å². The molecule has 0 spiro atoms. The minimum Gasteiger partial charge on any atom is -0.359 e.